The zero-order valence-electron chi connectivity index (χ0n) is 15.6. The molecule has 3 rings (SSSR count). The van der Waals surface area contributed by atoms with Crippen molar-refractivity contribution < 1.29 is 23.0 Å². The van der Waals surface area contributed by atoms with Gasteiger partial charge in [-0.2, -0.15) is 13.9 Å². The van der Waals surface area contributed by atoms with Gasteiger partial charge < -0.3 is 14.8 Å². The van der Waals surface area contributed by atoms with Gasteiger partial charge in [0, 0.05) is 12.1 Å². The number of carbonyl (C=O) groups is 1. The highest BCUT2D eigenvalue weighted by atomic mass is 19.3. The predicted molar refractivity (Wildman–Crippen MR) is 102 cm³/mol. The van der Waals surface area contributed by atoms with Crippen LogP contribution < -0.4 is 14.8 Å². The van der Waals surface area contributed by atoms with Crippen LogP contribution in [0.25, 0.3) is 6.08 Å². The van der Waals surface area contributed by atoms with Gasteiger partial charge in [-0.05, 0) is 43.5 Å². The molecule has 1 heterocycles. The van der Waals surface area contributed by atoms with E-state index in [0.29, 0.717) is 24.0 Å². The van der Waals surface area contributed by atoms with Gasteiger partial charge in [0.2, 0.25) is 5.91 Å². The minimum atomic E-state index is -2.93. The van der Waals surface area contributed by atoms with E-state index in [1.54, 1.807) is 37.4 Å². The van der Waals surface area contributed by atoms with Crippen LogP contribution in [-0.4, -0.2) is 28.9 Å². The van der Waals surface area contributed by atoms with Crippen LogP contribution in [0, 0.1) is 0 Å². The van der Waals surface area contributed by atoms with Crippen molar-refractivity contribution >= 4 is 17.8 Å². The van der Waals surface area contributed by atoms with Gasteiger partial charge >= 0.3 is 6.61 Å². The van der Waals surface area contributed by atoms with Crippen molar-refractivity contribution in [3.8, 4) is 11.5 Å². The fourth-order valence-electron chi connectivity index (χ4n) is 3.28. The molecular weight excluding hydrogens is 368 g/mol. The van der Waals surface area contributed by atoms with Crippen molar-refractivity contribution in [3.63, 3.8) is 0 Å². The van der Waals surface area contributed by atoms with Crippen LogP contribution >= 0.6 is 0 Å². The smallest absolute Gasteiger partial charge is 0.387 e. The Balaban J connectivity index is 1.67. The van der Waals surface area contributed by atoms with Gasteiger partial charge in [-0.25, -0.2) is 4.68 Å². The average molecular weight is 391 g/mol. The maximum Gasteiger partial charge on any atom is 0.387 e. The number of benzene rings is 1. The lowest BCUT2D eigenvalue weighted by Gasteiger charge is -2.14. The molecule has 0 spiro atoms. The van der Waals surface area contributed by atoms with Crippen LogP contribution in [0.15, 0.2) is 36.5 Å². The highest BCUT2D eigenvalue weighted by Gasteiger charge is 2.20. The second-order valence-corrected chi connectivity index (χ2v) is 6.44. The minimum Gasteiger partial charge on any atom is -0.490 e. The van der Waals surface area contributed by atoms with E-state index in [9.17, 15) is 13.6 Å². The highest BCUT2D eigenvalue weighted by Crippen LogP contribution is 2.32. The first kappa shape index (κ1) is 19.9. The summed E-state index contributed by atoms with van der Waals surface area (Å²) in [7, 11) is 0. The van der Waals surface area contributed by atoms with Gasteiger partial charge in [0.1, 0.15) is 5.82 Å². The molecule has 0 atom stereocenters. The zero-order chi connectivity index (χ0) is 19.9. The van der Waals surface area contributed by atoms with Crippen molar-refractivity contribution in [3.05, 3.63) is 42.1 Å². The number of alkyl halides is 2. The molecule has 1 aliphatic carbocycles. The molecule has 1 fully saturated rings. The van der Waals surface area contributed by atoms with Gasteiger partial charge in [0.15, 0.2) is 11.5 Å². The van der Waals surface area contributed by atoms with Crippen LogP contribution in [0.2, 0.25) is 0 Å². The molecule has 1 N–H and O–H groups in total. The number of carbonyl (C=O) groups excluding carboxylic acids is 1. The molecule has 1 aliphatic rings. The quantitative estimate of drug-likeness (QED) is 0.665. The zero-order valence-corrected chi connectivity index (χ0v) is 15.6. The number of rotatable bonds is 8. The lowest BCUT2D eigenvalue weighted by atomic mass is 10.2. The first-order valence-corrected chi connectivity index (χ1v) is 9.31. The molecule has 1 aromatic heterocycles. The Labute approximate surface area is 162 Å². The topological polar surface area (TPSA) is 65.4 Å². The van der Waals surface area contributed by atoms with Crippen molar-refractivity contribution in [2.24, 2.45) is 0 Å². The molecule has 8 heteroatoms. The summed E-state index contributed by atoms with van der Waals surface area (Å²) >= 11 is 0. The second kappa shape index (κ2) is 9.34. The Bertz CT molecular complexity index is 830. The van der Waals surface area contributed by atoms with E-state index in [2.05, 4.69) is 15.2 Å². The molecule has 0 bridgehead atoms. The molecule has 2 aromatic rings. The summed E-state index contributed by atoms with van der Waals surface area (Å²) in [5, 5.41) is 7.16. The predicted octanol–water partition coefficient (Wildman–Crippen LogP) is 4.65. The Morgan fingerprint density at radius 1 is 1.32 bits per heavy atom. The summed E-state index contributed by atoms with van der Waals surface area (Å²) in [4.78, 5) is 12.3. The van der Waals surface area contributed by atoms with E-state index in [0.717, 1.165) is 12.8 Å². The monoisotopic (exact) mass is 391 g/mol. The van der Waals surface area contributed by atoms with E-state index >= 15 is 0 Å². The van der Waals surface area contributed by atoms with E-state index < -0.39 is 6.61 Å². The molecule has 1 saturated carbocycles. The maximum atomic E-state index is 12.5. The summed E-state index contributed by atoms with van der Waals surface area (Å²) in [6.45, 7) is -0.885. The first-order valence-electron chi connectivity index (χ1n) is 9.31. The average Bonchev–Trinajstić information content (AvgIpc) is 3.33. The van der Waals surface area contributed by atoms with E-state index in [-0.39, 0.29) is 17.4 Å². The lowest BCUT2D eigenvalue weighted by molar-refractivity contribution is -0.111. The van der Waals surface area contributed by atoms with E-state index in [1.807, 2.05) is 4.68 Å². The molecule has 1 aromatic carbocycles. The Hall–Kier alpha value is -2.90. The molecule has 0 aliphatic heterocycles. The highest BCUT2D eigenvalue weighted by molar-refractivity contribution is 6.01. The SMILES string of the molecule is CCOc1cc(/C=C/C(=O)Nc2ccnn2C2CCCC2)ccc1OC(F)F. The Morgan fingerprint density at radius 3 is 2.82 bits per heavy atom. The number of hydrogen-bond donors (Lipinski definition) is 1. The standard InChI is InChI=1S/C20H23F2N3O3/c1-2-27-17-13-14(7-9-16(17)28-20(21)22)8-10-19(26)24-18-11-12-23-25(18)15-5-3-4-6-15/h7-13,15,20H,2-6H2,1H3,(H,24,26)/b10-8+. The summed E-state index contributed by atoms with van der Waals surface area (Å²) in [6.07, 6.45) is 9.11. The van der Waals surface area contributed by atoms with Crippen molar-refractivity contribution in [2.45, 2.75) is 45.3 Å². The van der Waals surface area contributed by atoms with Crippen molar-refractivity contribution in [1.29, 1.82) is 0 Å². The van der Waals surface area contributed by atoms with Crippen LogP contribution in [0.3, 0.4) is 0 Å². The number of hydrogen-bond acceptors (Lipinski definition) is 4. The van der Waals surface area contributed by atoms with Crippen LogP contribution in [0.1, 0.15) is 44.2 Å². The van der Waals surface area contributed by atoms with Crippen molar-refractivity contribution in [1.82, 2.24) is 9.78 Å². The summed E-state index contributed by atoms with van der Waals surface area (Å²) < 4.78 is 36.6. The largest absolute Gasteiger partial charge is 0.490 e. The first-order chi connectivity index (χ1) is 13.6. The summed E-state index contributed by atoms with van der Waals surface area (Å²) in [6, 6.07) is 6.61. The number of ether oxygens (including phenoxy) is 2. The third-order valence-corrected chi connectivity index (χ3v) is 4.50. The number of amides is 1. The molecule has 1 amide bonds. The normalized spacial score (nSPS) is 14.7. The van der Waals surface area contributed by atoms with Crippen LogP contribution in [0.4, 0.5) is 14.6 Å². The number of anilines is 1. The summed E-state index contributed by atoms with van der Waals surface area (Å²) in [5.41, 5.74) is 0.629. The molecular formula is C20H23F2N3O3. The Morgan fingerprint density at radius 2 is 2.11 bits per heavy atom. The fraction of sp³-hybridized carbons (Fsp3) is 0.400. The Kier molecular flexibility index (Phi) is 6.62. The van der Waals surface area contributed by atoms with E-state index in [1.165, 1.54) is 25.0 Å². The van der Waals surface area contributed by atoms with Gasteiger partial charge in [0.25, 0.3) is 0 Å². The molecule has 0 saturated heterocycles. The second-order valence-electron chi connectivity index (χ2n) is 6.44. The van der Waals surface area contributed by atoms with E-state index in [4.69, 9.17) is 4.74 Å². The number of nitrogens with one attached hydrogen (secondary N) is 1. The fourth-order valence-corrected chi connectivity index (χ4v) is 3.28. The van der Waals surface area contributed by atoms with Crippen LogP contribution in [-0.2, 0) is 4.79 Å². The molecule has 28 heavy (non-hydrogen) atoms. The third-order valence-electron chi connectivity index (χ3n) is 4.50. The minimum absolute atomic E-state index is 0.0427. The summed E-state index contributed by atoms with van der Waals surface area (Å²) in [5.74, 6) is 0.520. The number of aromatic nitrogens is 2. The maximum absolute atomic E-state index is 12.5. The number of halogens is 2. The molecule has 150 valence electrons. The molecule has 6 nitrogen and oxygen atoms in total. The van der Waals surface area contributed by atoms with Gasteiger partial charge in [-0.15, -0.1) is 0 Å². The van der Waals surface area contributed by atoms with Crippen LogP contribution in [0.5, 0.6) is 11.5 Å². The molecule has 0 radical (unpaired) electrons. The van der Waals surface area contributed by atoms with Gasteiger partial charge in [0.05, 0.1) is 18.8 Å². The third kappa shape index (κ3) is 5.09. The number of nitrogens with zero attached hydrogens (tertiary/aromatic N) is 2. The molecule has 0 unspecified atom stereocenters. The lowest BCUT2D eigenvalue weighted by Crippen LogP contribution is -2.15. The van der Waals surface area contributed by atoms with Crippen molar-refractivity contribution in [2.75, 3.05) is 11.9 Å². The van der Waals surface area contributed by atoms with Gasteiger partial charge in [-0.1, -0.05) is 18.9 Å². The van der Waals surface area contributed by atoms with Gasteiger partial charge in [-0.3, -0.25) is 4.79 Å².